The lowest BCUT2D eigenvalue weighted by Gasteiger charge is -2.29. The molecule has 0 N–H and O–H groups in total. The molecule has 0 aliphatic carbocycles. The number of carbonyl (C=O) groups is 2. The Hall–Kier alpha value is -3.08. The minimum Gasteiger partial charge on any atom is -0.473 e. The summed E-state index contributed by atoms with van der Waals surface area (Å²) in [5.41, 5.74) is 2.34. The van der Waals surface area contributed by atoms with E-state index in [4.69, 9.17) is 14.2 Å². The van der Waals surface area contributed by atoms with Gasteiger partial charge in [-0.15, -0.1) is 0 Å². The molecule has 1 aliphatic heterocycles. The number of methoxy groups -OCH3 is 2. The second kappa shape index (κ2) is 6.58. The zero-order valence-corrected chi connectivity index (χ0v) is 13.3. The molecule has 122 valence electrons. The number of fused-ring (bicyclic) bond motifs is 1. The average Bonchev–Trinajstić information content (AvgIpc) is 2.66. The van der Waals surface area contributed by atoms with Crippen LogP contribution in [0.1, 0.15) is 22.8 Å². The molecule has 0 bridgehead atoms. The van der Waals surface area contributed by atoms with E-state index in [0.29, 0.717) is 5.56 Å². The Labute approximate surface area is 139 Å². The Bertz CT molecular complexity index is 808. The van der Waals surface area contributed by atoms with Crippen LogP contribution in [0.2, 0.25) is 0 Å². The van der Waals surface area contributed by atoms with E-state index in [0.717, 1.165) is 11.1 Å². The lowest BCUT2D eigenvalue weighted by atomic mass is 9.89. The first kappa shape index (κ1) is 15.8. The van der Waals surface area contributed by atoms with Crippen LogP contribution in [0.5, 0.6) is 0 Å². The van der Waals surface area contributed by atoms with Crippen molar-refractivity contribution >= 4 is 17.5 Å². The molecule has 0 spiro atoms. The van der Waals surface area contributed by atoms with E-state index in [1.54, 1.807) is 12.1 Å². The van der Waals surface area contributed by atoms with Crippen molar-refractivity contribution in [2.45, 2.75) is 6.10 Å². The van der Waals surface area contributed by atoms with Crippen LogP contribution in [-0.4, -0.2) is 26.2 Å². The standard InChI is InChI=1S/C19H16O5/c1-22-18(20)15-13-10-6-7-11-14(13)16(12-8-4-3-5-9-12)24-17(15)19(21)23-2/h3-11,16H,1-2H3. The van der Waals surface area contributed by atoms with Gasteiger partial charge in [0.2, 0.25) is 5.76 Å². The van der Waals surface area contributed by atoms with Gasteiger partial charge in [0.1, 0.15) is 11.7 Å². The molecular weight excluding hydrogens is 308 g/mol. The highest BCUT2D eigenvalue weighted by atomic mass is 16.6. The summed E-state index contributed by atoms with van der Waals surface area (Å²) in [4.78, 5) is 24.4. The number of esters is 2. The summed E-state index contributed by atoms with van der Waals surface area (Å²) in [5, 5.41) is 0. The summed E-state index contributed by atoms with van der Waals surface area (Å²) < 4.78 is 15.5. The molecule has 1 aliphatic rings. The molecular formula is C19H16O5. The minimum atomic E-state index is -0.717. The number of hydrogen-bond donors (Lipinski definition) is 0. The van der Waals surface area contributed by atoms with E-state index in [9.17, 15) is 9.59 Å². The average molecular weight is 324 g/mol. The number of carbonyl (C=O) groups excluding carboxylic acids is 2. The first-order valence-corrected chi connectivity index (χ1v) is 7.39. The molecule has 5 nitrogen and oxygen atoms in total. The minimum absolute atomic E-state index is 0.0760. The molecule has 0 saturated heterocycles. The second-order valence-electron chi connectivity index (χ2n) is 5.18. The summed E-state index contributed by atoms with van der Waals surface area (Å²) >= 11 is 0. The van der Waals surface area contributed by atoms with Gasteiger partial charge in [0, 0.05) is 11.1 Å². The maximum Gasteiger partial charge on any atom is 0.374 e. The van der Waals surface area contributed by atoms with E-state index in [2.05, 4.69) is 0 Å². The van der Waals surface area contributed by atoms with Gasteiger partial charge in [0.05, 0.1) is 14.2 Å². The molecule has 0 amide bonds. The van der Waals surface area contributed by atoms with Crippen LogP contribution in [0, 0.1) is 0 Å². The molecule has 5 heteroatoms. The van der Waals surface area contributed by atoms with Crippen molar-refractivity contribution in [3.8, 4) is 0 Å². The molecule has 2 aromatic carbocycles. The molecule has 0 radical (unpaired) electrons. The number of rotatable bonds is 3. The van der Waals surface area contributed by atoms with Gasteiger partial charge in [0.25, 0.3) is 0 Å². The Balaban J connectivity index is 2.23. The van der Waals surface area contributed by atoms with Crippen molar-refractivity contribution in [2.24, 2.45) is 0 Å². The molecule has 24 heavy (non-hydrogen) atoms. The Kier molecular flexibility index (Phi) is 4.33. The number of ether oxygens (including phenoxy) is 3. The number of benzene rings is 2. The predicted octanol–water partition coefficient (Wildman–Crippen LogP) is 2.86. The normalized spacial score (nSPS) is 16.0. The monoisotopic (exact) mass is 324 g/mol. The molecule has 3 rings (SSSR count). The zero-order valence-electron chi connectivity index (χ0n) is 13.3. The Morgan fingerprint density at radius 1 is 0.875 bits per heavy atom. The molecule has 0 saturated carbocycles. The largest absolute Gasteiger partial charge is 0.473 e. The summed E-state index contributed by atoms with van der Waals surface area (Å²) in [6.07, 6.45) is -0.509. The third kappa shape index (κ3) is 2.65. The van der Waals surface area contributed by atoms with Crippen LogP contribution in [0.15, 0.2) is 60.4 Å². The summed E-state index contributed by atoms with van der Waals surface area (Å²) in [5.74, 6) is -1.50. The van der Waals surface area contributed by atoms with Crippen molar-refractivity contribution in [1.29, 1.82) is 0 Å². The Morgan fingerprint density at radius 3 is 2.17 bits per heavy atom. The topological polar surface area (TPSA) is 61.8 Å². The van der Waals surface area contributed by atoms with E-state index >= 15 is 0 Å². The predicted molar refractivity (Wildman–Crippen MR) is 86.8 cm³/mol. The lowest BCUT2D eigenvalue weighted by Crippen LogP contribution is -2.24. The first-order chi connectivity index (χ1) is 11.7. The Morgan fingerprint density at radius 2 is 1.50 bits per heavy atom. The summed E-state index contributed by atoms with van der Waals surface area (Å²) in [6.45, 7) is 0. The molecule has 1 atom stereocenters. The van der Waals surface area contributed by atoms with Gasteiger partial charge in [-0.05, 0) is 5.56 Å². The first-order valence-electron chi connectivity index (χ1n) is 7.39. The molecule has 0 aromatic heterocycles. The van der Waals surface area contributed by atoms with Crippen LogP contribution in [-0.2, 0) is 23.8 Å². The maximum atomic E-state index is 12.2. The number of hydrogen-bond acceptors (Lipinski definition) is 5. The van der Waals surface area contributed by atoms with Crippen LogP contribution in [0.25, 0.3) is 5.57 Å². The van der Waals surface area contributed by atoms with Crippen molar-refractivity contribution in [3.63, 3.8) is 0 Å². The fourth-order valence-electron chi connectivity index (χ4n) is 2.74. The van der Waals surface area contributed by atoms with Gasteiger partial charge in [-0.3, -0.25) is 0 Å². The van der Waals surface area contributed by atoms with Gasteiger partial charge in [-0.25, -0.2) is 9.59 Å². The van der Waals surface area contributed by atoms with Gasteiger partial charge < -0.3 is 14.2 Å². The molecule has 1 unspecified atom stereocenters. The highest BCUT2D eigenvalue weighted by molar-refractivity contribution is 6.22. The van der Waals surface area contributed by atoms with Crippen molar-refractivity contribution in [1.82, 2.24) is 0 Å². The van der Waals surface area contributed by atoms with E-state index in [1.165, 1.54) is 14.2 Å². The highest BCUT2D eigenvalue weighted by Gasteiger charge is 2.36. The van der Waals surface area contributed by atoms with Gasteiger partial charge in [-0.1, -0.05) is 54.6 Å². The van der Waals surface area contributed by atoms with E-state index in [1.807, 2.05) is 42.5 Å². The fraction of sp³-hybridized carbons (Fsp3) is 0.158. The van der Waals surface area contributed by atoms with Crippen molar-refractivity contribution in [2.75, 3.05) is 14.2 Å². The van der Waals surface area contributed by atoms with Gasteiger partial charge in [0.15, 0.2) is 0 Å². The highest BCUT2D eigenvalue weighted by Crippen LogP contribution is 2.40. The summed E-state index contributed by atoms with van der Waals surface area (Å²) in [7, 11) is 2.50. The van der Waals surface area contributed by atoms with Gasteiger partial charge in [-0.2, -0.15) is 0 Å². The van der Waals surface area contributed by atoms with Crippen LogP contribution in [0.4, 0.5) is 0 Å². The fourth-order valence-corrected chi connectivity index (χ4v) is 2.74. The van der Waals surface area contributed by atoms with Crippen molar-refractivity contribution in [3.05, 3.63) is 77.0 Å². The van der Waals surface area contributed by atoms with Crippen LogP contribution in [0.3, 0.4) is 0 Å². The van der Waals surface area contributed by atoms with E-state index in [-0.39, 0.29) is 11.3 Å². The van der Waals surface area contributed by atoms with E-state index < -0.39 is 18.0 Å². The second-order valence-corrected chi connectivity index (χ2v) is 5.18. The third-order valence-electron chi connectivity index (χ3n) is 3.84. The quantitative estimate of drug-likeness (QED) is 0.813. The SMILES string of the molecule is COC(=O)C1=C(C(=O)OC)c2ccccc2C(c2ccccc2)O1. The maximum absolute atomic E-state index is 12.2. The summed E-state index contributed by atoms with van der Waals surface area (Å²) in [6, 6.07) is 16.8. The molecule has 1 heterocycles. The smallest absolute Gasteiger partial charge is 0.374 e. The van der Waals surface area contributed by atoms with Crippen molar-refractivity contribution < 1.29 is 23.8 Å². The van der Waals surface area contributed by atoms with Crippen LogP contribution < -0.4 is 0 Å². The molecule has 0 fully saturated rings. The zero-order chi connectivity index (χ0) is 17.1. The van der Waals surface area contributed by atoms with Gasteiger partial charge >= 0.3 is 11.9 Å². The molecule has 2 aromatic rings. The third-order valence-corrected chi connectivity index (χ3v) is 3.84. The lowest BCUT2D eigenvalue weighted by molar-refractivity contribution is -0.142. The van der Waals surface area contributed by atoms with Crippen LogP contribution >= 0.6 is 0 Å².